The molecule has 103 heavy (non-hydrogen) atoms. The van der Waals surface area contributed by atoms with Crippen LogP contribution < -0.4 is 9.47 Å². The second kappa shape index (κ2) is 31.2. The topological polar surface area (TPSA) is 314 Å². The summed E-state index contributed by atoms with van der Waals surface area (Å²) in [5, 5.41) is 47.5. The van der Waals surface area contributed by atoms with E-state index < -0.39 is 95.7 Å². The number of amides is 1. The molecule has 1 amide bonds. The Bertz CT molecular complexity index is 5540. The molecule has 530 valence electrons. The van der Waals surface area contributed by atoms with Gasteiger partial charge >= 0.3 is 17.9 Å². The van der Waals surface area contributed by atoms with Gasteiger partial charge in [0.05, 0.1) is 43.8 Å². The van der Waals surface area contributed by atoms with E-state index in [1.54, 1.807) is 84.9 Å². The van der Waals surface area contributed by atoms with E-state index in [0.717, 1.165) is 63.6 Å². The van der Waals surface area contributed by atoms with Gasteiger partial charge in [-0.15, -0.1) is 0 Å². The summed E-state index contributed by atoms with van der Waals surface area (Å²) in [6, 6.07) is 41.1. The molecule has 0 aliphatic heterocycles. The van der Waals surface area contributed by atoms with Crippen molar-refractivity contribution in [1.29, 1.82) is 0 Å². The number of carbonyl (C=O) groups is 4. The van der Waals surface area contributed by atoms with Crippen LogP contribution in [0.1, 0.15) is 52.6 Å². The molecule has 12 aromatic rings. The van der Waals surface area contributed by atoms with E-state index in [0.29, 0.717) is 60.1 Å². The number of aromatic nitrogens is 4. The first-order chi connectivity index (χ1) is 48.9. The molecule has 0 aliphatic carbocycles. The zero-order valence-electron chi connectivity index (χ0n) is 55.5. The number of rotatable bonds is 14. The number of carboxylic acid groups (broad SMARTS) is 1. The Kier molecular flexibility index (Phi) is 22.8. The maximum Gasteiger partial charge on any atom is 0.341 e. The zero-order valence-corrected chi connectivity index (χ0v) is 58.7. The summed E-state index contributed by atoms with van der Waals surface area (Å²) < 4.78 is 132. The lowest BCUT2D eigenvalue weighted by molar-refractivity contribution is 0.0587. The molecule has 29 heteroatoms. The number of esters is 2. The van der Waals surface area contributed by atoms with Gasteiger partial charge < -0.3 is 49.4 Å². The number of aromatic hydroxyl groups is 4. The number of aromatic carboxylic acids is 1. The third kappa shape index (κ3) is 15.8. The fraction of sp³-hybridized carbons (Fsp3) is 0.108. The molecular formula is C74H60BrF4N5O17S2. The molecule has 8 aromatic carbocycles. The molecule has 12 rings (SSSR count). The Labute approximate surface area is 594 Å². The van der Waals surface area contributed by atoms with Crippen molar-refractivity contribution >= 4 is 81.9 Å². The maximum absolute atomic E-state index is 14.7. The summed E-state index contributed by atoms with van der Waals surface area (Å²) in [6.07, 6.45) is 5.76. The van der Waals surface area contributed by atoms with E-state index >= 15 is 0 Å². The van der Waals surface area contributed by atoms with Gasteiger partial charge in [-0.25, -0.2) is 66.7 Å². The number of hydrogen-bond acceptors (Lipinski definition) is 18. The van der Waals surface area contributed by atoms with Gasteiger partial charge in [-0.2, -0.15) is 0 Å². The molecule has 0 saturated carbocycles. The maximum atomic E-state index is 14.7. The van der Waals surface area contributed by atoms with E-state index in [9.17, 15) is 63.8 Å². The van der Waals surface area contributed by atoms with Crippen molar-refractivity contribution < 1.29 is 98.1 Å². The minimum Gasteiger partial charge on any atom is -0.504 e. The number of hydrogen-bond donors (Lipinski definition) is 5. The highest BCUT2D eigenvalue weighted by Gasteiger charge is 2.29. The van der Waals surface area contributed by atoms with Crippen molar-refractivity contribution in [3.05, 3.63) is 250 Å². The Morgan fingerprint density at radius 1 is 0.456 bits per heavy atom. The van der Waals surface area contributed by atoms with E-state index in [2.05, 4.69) is 35.4 Å². The lowest BCUT2D eigenvalue weighted by atomic mass is 9.99. The minimum atomic E-state index is -4.04. The number of ether oxygens (including phenoxy) is 4. The summed E-state index contributed by atoms with van der Waals surface area (Å²) in [4.78, 5) is 56.3. The number of phenols is 4. The van der Waals surface area contributed by atoms with E-state index in [1.807, 2.05) is 13.8 Å². The number of carboxylic acids is 1. The normalized spacial score (nSPS) is 11.1. The van der Waals surface area contributed by atoms with Crippen LogP contribution in [-0.2, 0) is 29.5 Å². The minimum absolute atomic E-state index is 0.0887. The van der Waals surface area contributed by atoms with E-state index in [1.165, 1.54) is 107 Å². The Morgan fingerprint density at radius 2 is 0.845 bits per heavy atom. The summed E-state index contributed by atoms with van der Waals surface area (Å²) in [5.74, 6) is -9.44. The highest BCUT2D eigenvalue weighted by atomic mass is 79.9. The molecule has 0 radical (unpaired) electrons. The molecule has 4 heterocycles. The van der Waals surface area contributed by atoms with Gasteiger partial charge in [0.25, 0.3) is 26.0 Å². The molecule has 0 bridgehead atoms. The van der Waals surface area contributed by atoms with Gasteiger partial charge in [-0.05, 0) is 122 Å². The molecule has 0 unspecified atom stereocenters. The van der Waals surface area contributed by atoms with Crippen LogP contribution in [0.25, 0.3) is 66.6 Å². The van der Waals surface area contributed by atoms with Crippen LogP contribution in [0.5, 0.6) is 34.5 Å². The molecule has 0 spiro atoms. The first-order valence-electron chi connectivity index (χ1n) is 30.1. The molecule has 0 saturated heterocycles. The smallest absolute Gasteiger partial charge is 0.341 e. The van der Waals surface area contributed by atoms with Gasteiger partial charge in [0, 0.05) is 87.5 Å². The summed E-state index contributed by atoms with van der Waals surface area (Å²) in [7, 11) is 0.224. The number of nitrogens with zero attached hydrogens (tertiary/aromatic N) is 5. The number of methoxy groups -OCH3 is 4. The fourth-order valence-electron chi connectivity index (χ4n) is 10.4. The van der Waals surface area contributed by atoms with Crippen LogP contribution in [0.2, 0.25) is 0 Å². The first-order valence-corrected chi connectivity index (χ1v) is 33.8. The van der Waals surface area contributed by atoms with Crippen LogP contribution in [0.3, 0.4) is 0 Å². The van der Waals surface area contributed by atoms with Crippen molar-refractivity contribution in [2.45, 2.75) is 23.6 Å². The van der Waals surface area contributed by atoms with E-state index in [4.69, 9.17) is 24.8 Å². The lowest BCUT2D eigenvalue weighted by Crippen LogP contribution is -2.22. The number of para-hydroxylation sites is 3. The summed E-state index contributed by atoms with van der Waals surface area (Å²) >= 11 is 2.99. The van der Waals surface area contributed by atoms with Crippen molar-refractivity contribution in [1.82, 2.24) is 22.8 Å². The summed E-state index contributed by atoms with van der Waals surface area (Å²) in [6.45, 7) is 3.73. The Morgan fingerprint density at radius 3 is 1.24 bits per heavy atom. The highest BCUT2D eigenvalue weighted by Crippen LogP contribution is 2.42. The van der Waals surface area contributed by atoms with Crippen molar-refractivity contribution in [3.8, 4) is 79.0 Å². The Hall–Kier alpha value is -12.1. The molecule has 0 fully saturated rings. The number of phenolic OH excluding ortho intramolecular Hbond substituents is 3. The van der Waals surface area contributed by atoms with Crippen LogP contribution in [0.15, 0.2) is 203 Å². The SMILES string of the molecule is COC(=O)c1cc(-c2cnc3c(c2)c(-c2ccccc2OC)cn3S(=O)(=O)c2ccc(C)cc2)cc(F)c1O.COC(=O)c1cc(Br)cc(F)c1O.COc1ccccc1-c1cn(S(=O)(=O)c2ccc(C)cc2)c2ncc(-c3cc(F)c(O)c(C(=O)N(C)C)c3)cc12.O=C(O)c1cccc(F)c1O. The standard InChI is InChI=1S/C30H26FN3O5S.C29H23FN2O6S.C8H6BrFO3.C7H5FO3/c1-18-9-11-21(12-10-18)40(37,38)34-17-25(22-7-5-6-8-27(22)39-4)23-14-20(16-32-29(23)34)19-13-24(30(36)33(2)3)28(35)26(31)15-19;1-17-8-10-20(11-9-17)39(35,36)32-16-24(21-6-4-5-7-26(21)37-2)22-13-19(15-31-28(22)32)18-12-23(29(34)38-3)27(33)25(30)14-18;1-13-8(12)5-2-4(9)3-6(10)7(5)11;8-5-3-1-2-4(6(5)9)7(10)11/h5-17,35H,1-4H3;4-16,33H,1-3H3;2-3,11H,1H3;1-3,9H,(H,10,11). The fourth-order valence-corrected chi connectivity index (χ4v) is 13.5. The van der Waals surface area contributed by atoms with Crippen molar-refractivity contribution in [3.63, 3.8) is 0 Å². The van der Waals surface area contributed by atoms with Gasteiger partial charge in [0.1, 0.15) is 28.2 Å². The molecule has 4 aromatic heterocycles. The van der Waals surface area contributed by atoms with Crippen LogP contribution in [-0.4, -0.2) is 132 Å². The number of benzene rings is 8. The van der Waals surface area contributed by atoms with Crippen LogP contribution >= 0.6 is 15.9 Å². The third-order valence-corrected chi connectivity index (χ3v) is 19.4. The number of pyridine rings is 2. The quantitative estimate of drug-likeness (QED) is 0.0499. The number of halogens is 5. The number of fused-ring (bicyclic) bond motifs is 2. The summed E-state index contributed by atoms with van der Waals surface area (Å²) in [5.41, 5.74) is 4.58. The predicted molar refractivity (Wildman–Crippen MR) is 377 cm³/mol. The first kappa shape index (κ1) is 75.1. The second-order valence-corrected chi connectivity index (χ2v) is 27.1. The monoisotopic (exact) mass is 1510 g/mol. The molecule has 0 aliphatic rings. The number of aryl methyl sites for hydroxylation is 2. The van der Waals surface area contributed by atoms with Crippen molar-refractivity contribution in [2.75, 3.05) is 42.5 Å². The molecule has 22 nitrogen and oxygen atoms in total. The van der Waals surface area contributed by atoms with Crippen molar-refractivity contribution in [2.24, 2.45) is 0 Å². The Balaban J connectivity index is 0.000000181. The van der Waals surface area contributed by atoms with Crippen LogP contribution in [0, 0.1) is 37.1 Å². The number of carbonyl (C=O) groups excluding carboxylic acids is 3. The average Bonchev–Trinajstić information content (AvgIpc) is 1.60. The largest absolute Gasteiger partial charge is 0.504 e. The third-order valence-electron chi connectivity index (χ3n) is 15.7. The zero-order chi connectivity index (χ0) is 75.1. The predicted octanol–water partition coefficient (Wildman–Crippen LogP) is 14.3. The molecule has 5 N–H and O–H groups in total. The van der Waals surface area contributed by atoms with Gasteiger partial charge in [0.2, 0.25) is 0 Å². The molecular weight excluding hydrogens is 1450 g/mol. The average molecular weight is 1510 g/mol. The lowest BCUT2D eigenvalue weighted by Gasteiger charge is -2.14. The second-order valence-electron chi connectivity index (χ2n) is 22.5. The van der Waals surface area contributed by atoms with Gasteiger partial charge in [0.15, 0.2) is 57.6 Å². The highest BCUT2D eigenvalue weighted by molar-refractivity contribution is 9.10. The van der Waals surface area contributed by atoms with Gasteiger partial charge in [-0.1, -0.05) is 93.8 Å². The van der Waals surface area contributed by atoms with Gasteiger partial charge in [-0.3, -0.25) is 4.79 Å². The van der Waals surface area contributed by atoms with Crippen LogP contribution in [0.4, 0.5) is 17.6 Å². The van der Waals surface area contributed by atoms with E-state index in [-0.39, 0.29) is 48.9 Å². The molecule has 0 atom stereocenters.